The Morgan fingerprint density at radius 3 is 2.69 bits per heavy atom. The third kappa shape index (κ3) is 5.79. The molecule has 0 aliphatic carbocycles. The summed E-state index contributed by atoms with van der Waals surface area (Å²) in [7, 11) is -4.10. The molecule has 5 unspecified atom stereocenters. The lowest BCUT2D eigenvalue weighted by atomic mass is 10.0. The van der Waals surface area contributed by atoms with Crippen LogP contribution >= 0.6 is 7.75 Å². The van der Waals surface area contributed by atoms with E-state index in [2.05, 4.69) is 10.1 Å². The van der Waals surface area contributed by atoms with Gasteiger partial charge in [0.05, 0.1) is 19.3 Å². The van der Waals surface area contributed by atoms with Gasteiger partial charge in [0.15, 0.2) is 6.23 Å². The number of nitrogens with one attached hydrogen (secondary N) is 2. The van der Waals surface area contributed by atoms with Crippen molar-refractivity contribution < 1.29 is 32.6 Å². The Bertz CT molecular complexity index is 1260. The number of nitrogens with zero attached hydrogens (tertiary/aromatic N) is 1. The second-order valence-electron chi connectivity index (χ2n) is 9.24. The third-order valence-electron chi connectivity index (χ3n) is 5.77. The van der Waals surface area contributed by atoms with Gasteiger partial charge in [0.2, 0.25) is 0 Å². The fraction of sp³-hybridized carbons (Fsp3) is 0.522. The molecule has 5 atom stereocenters. The second kappa shape index (κ2) is 10.3. The molecule has 2 fully saturated rings. The van der Waals surface area contributed by atoms with Crippen LogP contribution in [0.1, 0.15) is 39.0 Å². The average molecular weight is 523 g/mol. The van der Waals surface area contributed by atoms with Crippen LogP contribution in [-0.4, -0.2) is 52.6 Å². The lowest BCUT2D eigenvalue weighted by Crippen LogP contribution is -2.43. The number of rotatable bonds is 10. The first-order chi connectivity index (χ1) is 17.0. The summed E-state index contributed by atoms with van der Waals surface area (Å²) in [6.07, 6.45) is 0.148. The minimum Gasteiger partial charge on any atom is -0.462 e. The Balaban J connectivity index is 1.51. The normalized spacial score (nSPS) is 25.5. The number of aromatic amines is 1. The van der Waals surface area contributed by atoms with Gasteiger partial charge in [-0.05, 0) is 39.8 Å². The summed E-state index contributed by atoms with van der Waals surface area (Å²) in [5, 5.41) is 2.64. The fourth-order valence-electron chi connectivity index (χ4n) is 4.02. The Morgan fingerprint density at radius 2 is 2.00 bits per heavy atom. The maximum absolute atomic E-state index is 13.7. The van der Waals surface area contributed by atoms with E-state index in [4.69, 9.17) is 23.3 Å². The maximum atomic E-state index is 13.7. The van der Waals surface area contributed by atoms with E-state index in [0.29, 0.717) is 12.0 Å². The van der Waals surface area contributed by atoms with Crippen LogP contribution in [0, 0.1) is 6.92 Å². The highest BCUT2D eigenvalue weighted by atomic mass is 31.2. The molecule has 196 valence electrons. The summed E-state index contributed by atoms with van der Waals surface area (Å²) in [6, 6.07) is 7.41. The first-order valence-electron chi connectivity index (χ1n) is 11.6. The van der Waals surface area contributed by atoms with E-state index in [-0.39, 0.29) is 25.1 Å². The monoisotopic (exact) mass is 523 g/mol. The van der Waals surface area contributed by atoms with Crippen molar-refractivity contribution >= 4 is 13.7 Å². The number of benzene rings is 1. The van der Waals surface area contributed by atoms with Crippen LogP contribution in [0.25, 0.3) is 0 Å². The molecule has 36 heavy (non-hydrogen) atoms. The Kier molecular flexibility index (Phi) is 7.53. The summed E-state index contributed by atoms with van der Waals surface area (Å²) in [5.74, 6) is -0.339. The number of aromatic nitrogens is 2. The first kappa shape index (κ1) is 26.3. The summed E-state index contributed by atoms with van der Waals surface area (Å²) < 4.78 is 43.6. The number of carbonyl (C=O) groups excluding carboxylic acids is 1. The molecule has 1 aromatic carbocycles. The van der Waals surface area contributed by atoms with Gasteiger partial charge in [0, 0.05) is 18.2 Å². The van der Waals surface area contributed by atoms with Crippen molar-refractivity contribution in [2.75, 3.05) is 13.2 Å². The number of hydrogen-bond acceptors (Lipinski definition) is 9. The largest absolute Gasteiger partial charge is 0.462 e. The van der Waals surface area contributed by atoms with E-state index in [1.54, 1.807) is 51.1 Å². The lowest BCUT2D eigenvalue weighted by Gasteiger charge is -2.32. The average Bonchev–Trinajstić information content (AvgIpc) is 3.40. The summed E-state index contributed by atoms with van der Waals surface area (Å²) >= 11 is 0. The van der Waals surface area contributed by atoms with Crippen LogP contribution in [0.15, 0.2) is 46.1 Å². The molecule has 0 spiro atoms. The number of hydrogen-bond donors (Lipinski definition) is 2. The van der Waals surface area contributed by atoms with E-state index in [1.807, 2.05) is 0 Å². The van der Waals surface area contributed by atoms with Crippen molar-refractivity contribution in [2.45, 2.75) is 64.2 Å². The van der Waals surface area contributed by atoms with E-state index in [0.717, 1.165) is 0 Å². The molecule has 13 heteroatoms. The predicted molar refractivity (Wildman–Crippen MR) is 128 cm³/mol. The van der Waals surface area contributed by atoms with Crippen molar-refractivity contribution in [1.29, 1.82) is 0 Å². The highest BCUT2D eigenvalue weighted by Gasteiger charge is 2.55. The van der Waals surface area contributed by atoms with Gasteiger partial charge >= 0.3 is 19.4 Å². The molecule has 2 aliphatic rings. The topological polar surface area (TPSA) is 147 Å². The lowest BCUT2D eigenvalue weighted by molar-refractivity contribution is -0.182. The van der Waals surface area contributed by atoms with Crippen LogP contribution in [0.4, 0.5) is 0 Å². The Hall–Kier alpha value is -2.76. The zero-order valence-corrected chi connectivity index (χ0v) is 21.4. The molecule has 3 heterocycles. The SMILES string of the molecule is Cc1cn(C2OC3(COP(=O)(NC(C)C(=O)OC(C)C)Oc4ccccc4)COC2C3)c(=O)[nH]c1=O. The van der Waals surface area contributed by atoms with Gasteiger partial charge in [-0.25, -0.2) is 9.36 Å². The molecule has 4 rings (SSSR count). The summed E-state index contributed by atoms with van der Waals surface area (Å²) in [5.41, 5.74) is -1.77. The van der Waals surface area contributed by atoms with Gasteiger partial charge in [-0.15, -0.1) is 0 Å². The highest BCUT2D eigenvalue weighted by Crippen LogP contribution is 2.50. The molecule has 0 amide bonds. The third-order valence-corrected chi connectivity index (χ3v) is 7.39. The number of aryl methyl sites for hydroxylation is 1. The quantitative estimate of drug-likeness (QED) is 0.350. The number of fused-ring (bicyclic) bond motifs is 2. The smallest absolute Gasteiger partial charge is 0.459 e. The molecule has 2 aliphatic heterocycles. The van der Waals surface area contributed by atoms with Gasteiger partial charge < -0.3 is 18.7 Å². The molecule has 2 aromatic rings. The summed E-state index contributed by atoms with van der Waals surface area (Å²) in [4.78, 5) is 38.7. The maximum Gasteiger partial charge on any atom is 0.459 e. The van der Waals surface area contributed by atoms with Crippen LogP contribution in [0.3, 0.4) is 0 Å². The second-order valence-corrected chi connectivity index (χ2v) is 10.9. The zero-order valence-electron chi connectivity index (χ0n) is 20.5. The molecule has 2 saturated heterocycles. The minimum absolute atomic E-state index is 0.140. The van der Waals surface area contributed by atoms with Gasteiger partial charge in [0.1, 0.15) is 23.5 Å². The minimum atomic E-state index is -4.10. The van der Waals surface area contributed by atoms with Crippen LogP contribution < -0.4 is 20.9 Å². The van der Waals surface area contributed by atoms with Gasteiger partial charge in [0.25, 0.3) is 5.56 Å². The molecule has 0 radical (unpaired) electrons. The van der Waals surface area contributed by atoms with E-state index >= 15 is 0 Å². The molecular formula is C23H30N3O9P. The highest BCUT2D eigenvalue weighted by molar-refractivity contribution is 7.52. The van der Waals surface area contributed by atoms with Crippen LogP contribution in [-0.2, 0) is 28.1 Å². The number of esters is 1. The fourth-order valence-corrected chi connectivity index (χ4v) is 5.59. The molecule has 2 bridgehead atoms. The Labute approximate surface area is 207 Å². The number of para-hydroxylation sites is 1. The van der Waals surface area contributed by atoms with E-state index in [1.165, 1.54) is 17.7 Å². The Morgan fingerprint density at radius 1 is 1.28 bits per heavy atom. The first-order valence-corrected chi connectivity index (χ1v) is 13.1. The van der Waals surface area contributed by atoms with Gasteiger partial charge in [-0.1, -0.05) is 18.2 Å². The standard InChI is InChI=1S/C23H30N3O9P/c1-14(2)33-21(28)16(4)25-36(30,35-17-8-6-5-7-9-17)32-13-23-10-18(31-12-23)20(34-23)26-11-15(3)19(27)24-22(26)29/h5-9,11,14,16,18,20H,10,12-13H2,1-4H3,(H,25,30)(H,24,27,29). The van der Waals surface area contributed by atoms with Crippen molar-refractivity contribution in [3.05, 3.63) is 62.9 Å². The van der Waals surface area contributed by atoms with E-state index < -0.39 is 48.9 Å². The van der Waals surface area contributed by atoms with Crippen LogP contribution in [0.5, 0.6) is 5.75 Å². The molecule has 0 saturated carbocycles. The van der Waals surface area contributed by atoms with Crippen molar-refractivity contribution in [3.8, 4) is 5.75 Å². The van der Waals surface area contributed by atoms with Crippen molar-refractivity contribution in [3.63, 3.8) is 0 Å². The predicted octanol–water partition coefficient (Wildman–Crippen LogP) is 2.03. The molecule has 2 N–H and O–H groups in total. The molecule has 1 aromatic heterocycles. The zero-order chi connectivity index (χ0) is 26.1. The number of ether oxygens (including phenoxy) is 3. The number of carbonyl (C=O) groups is 1. The molecular weight excluding hydrogens is 493 g/mol. The number of H-pyrrole nitrogens is 1. The van der Waals surface area contributed by atoms with Crippen LogP contribution in [0.2, 0.25) is 0 Å². The summed E-state index contributed by atoms with van der Waals surface area (Å²) in [6.45, 7) is 6.42. The van der Waals surface area contributed by atoms with Gasteiger partial charge in [-0.3, -0.25) is 23.7 Å². The van der Waals surface area contributed by atoms with Crippen molar-refractivity contribution in [1.82, 2.24) is 14.6 Å². The van der Waals surface area contributed by atoms with Gasteiger partial charge in [-0.2, -0.15) is 5.09 Å². The molecule has 12 nitrogen and oxygen atoms in total. The van der Waals surface area contributed by atoms with E-state index in [9.17, 15) is 18.9 Å². The van der Waals surface area contributed by atoms with Crippen molar-refractivity contribution in [2.24, 2.45) is 0 Å².